The summed E-state index contributed by atoms with van der Waals surface area (Å²) in [5.41, 5.74) is 0.664. The zero-order valence-corrected chi connectivity index (χ0v) is 12.7. The van der Waals surface area contributed by atoms with E-state index in [4.69, 9.17) is 4.74 Å². The van der Waals surface area contributed by atoms with Crippen LogP contribution in [0.4, 0.5) is 0 Å². The van der Waals surface area contributed by atoms with Gasteiger partial charge in [-0.3, -0.25) is 4.79 Å². The quantitative estimate of drug-likeness (QED) is 0.782. The molecule has 1 saturated heterocycles. The minimum absolute atomic E-state index is 0.0646. The molecule has 2 aliphatic rings. The molecule has 0 unspecified atom stereocenters. The molecule has 1 aromatic rings. The van der Waals surface area contributed by atoms with Gasteiger partial charge in [0.15, 0.2) is 0 Å². The largest absolute Gasteiger partial charge is 0.494 e. The zero-order chi connectivity index (χ0) is 14.7. The van der Waals surface area contributed by atoms with Crippen LogP contribution in [0.2, 0.25) is 0 Å². The van der Waals surface area contributed by atoms with E-state index in [1.807, 2.05) is 12.1 Å². The first-order valence-corrected chi connectivity index (χ1v) is 7.93. The monoisotopic (exact) mass is 288 g/mol. The number of carbonyl (C=O) groups excluding carboxylic acids is 1. The number of hydrogen-bond donors (Lipinski definition) is 1. The van der Waals surface area contributed by atoms with Crippen molar-refractivity contribution in [2.24, 2.45) is 11.8 Å². The van der Waals surface area contributed by atoms with Gasteiger partial charge >= 0.3 is 0 Å². The molecule has 0 radical (unpaired) electrons. The average molecular weight is 288 g/mol. The van der Waals surface area contributed by atoms with Crippen molar-refractivity contribution in [1.29, 1.82) is 0 Å². The summed E-state index contributed by atoms with van der Waals surface area (Å²) in [5, 5.41) is 2.61. The molecular weight excluding hydrogens is 264 g/mol. The van der Waals surface area contributed by atoms with Crippen LogP contribution in [0.15, 0.2) is 24.3 Å². The van der Waals surface area contributed by atoms with Crippen molar-refractivity contribution >= 4 is 5.91 Å². The molecule has 3 rings (SSSR count). The van der Waals surface area contributed by atoms with Gasteiger partial charge in [-0.25, -0.2) is 0 Å². The van der Waals surface area contributed by atoms with Crippen LogP contribution in [0.1, 0.15) is 29.6 Å². The molecule has 4 nitrogen and oxygen atoms in total. The van der Waals surface area contributed by atoms with E-state index in [0.717, 1.165) is 30.6 Å². The lowest BCUT2D eigenvalue weighted by Crippen LogP contribution is -2.24. The number of fused-ring (bicyclic) bond motifs is 1. The lowest BCUT2D eigenvalue weighted by Gasteiger charge is -2.16. The normalized spacial score (nSPS) is 23.7. The predicted molar refractivity (Wildman–Crippen MR) is 82.6 cm³/mol. The summed E-state index contributed by atoms with van der Waals surface area (Å²) in [6.45, 7) is 4.62. The van der Waals surface area contributed by atoms with Crippen LogP contribution in [-0.4, -0.2) is 44.1 Å². The van der Waals surface area contributed by atoms with E-state index in [0.29, 0.717) is 5.56 Å². The summed E-state index contributed by atoms with van der Waals surface area (Å²) in [7, 11) is 1.64. The van der Waals surface area contributed by atoms with Crippen LogP contribution in [0.3, 0.4) is 0 Å². The number of nitrogens with one attached hydrogen (secondary N) is 1. The van der Waals surface area contributed by atoms with Gasteiger partial charge < -0.3 is 15.0 Å². The van der Waals surface area contributed by atoms with Crippen LogP contribution >= 0.6 is 0 Å². The molecule has 4 heteroatoms. The Balaban J connectivity index is 1.30. The highest BCUT2D eigenvalue weighted by atomic mass is 16.5. The minimum atomic E-state index is -0.0646. The van der Waals surface area contributed by atoms with E-state index in [-0.39, 0.29) is 5.91 Å². The molecule has 1 aromatic carbocycles. The second-order valence-electron chi connectivity index (χ2n) is 6.17. The molecule has 0 aromatic heterocycles. The number of unbranched alkanes of at least 4 members (excludes halogenated alkanes) is 1. The van der Waals surface area contributed by atoms with E-state index < -0.39 is 0 Å². The molecule has 0 bridgehead atoms. The van der Waals surface area contributed by atoms with Crippen molar-refractivity contribution in [1.82, 2.24) is 10.2 Å². The number of amides is 1. The molecule has 1 heterocycles. The van der Waals surface area contributed by atoms with E-state index in [1.165, 1.54) is 32.5 Å². The number of rotatable bonds is 7. The second kappa shape index (κ2) is 6.48. The van der Waals surface area contributed by atoms with Crippen LogP contribution in [-0.2, 0) is 0 Å². The highest BCUT2D eigenvalue weighted by molar-refractivity contribution is 5.94. The lowest BCUT2D eigenvalue weighted by molar-refractivity contribution is 0.0963. The van der Waals surface area contributed by atoms with Crippen LogP contribution in [0.5, 0.6) is 5.75 Å². The first-order valence-electron chi connectivity index (χ1n) is 7.93. The van der Waals surface area contributed by atoms with Gasteiger partial charge in [-0.1, -0.05) is 0 Å². The summed E-state index contributed by atoms with van der Waals surface area (Å²) in [4.78, 5) is 14.0. The Kier molecular flexibility index (Phi) is 4.44. The molecule has 1 aliphatic carbocycles. The summed E-state index contributed by atoms with van der Waals surface area (Å²) in [5.74, 6) is 2.83. The smallest absolute Gasteiger partial charge is 0.251 e. The van der Waals surface area contributed by atoms with Gasteiger partial charge in [0.2, 0.25) is 0 Å². The second-order valence-corrected chi connectivity index (χ2v) is 6.17. The molecule has 1 aliphatic heterocycles. The molecule has 114 valence electrons. The van der Waals surface area contributed by atoms with Crippen LogP contribution in [0, 0.1) is 11.8 Å². The fourth-order valence-electron chi connectivity index (χ4n) is 3.15. The van der Waals surface area contributed by atoms with Gasteiger partial charge in [0, 0.05) is 25.7 Å². The Morgan fingerprint density at radius 3 is 2.62 bits per heavy atom. The Morgan fingerprint density at radius 1 is 1.24 bits per heavy atom. The van der Waals surface area contributed by atoms with Crippen molar-refractivity contribution in [3.05, 3.63) is 29.8 Å². The maximum atomic E-state index is 11.4. The third-order valence-corrected chi connectivity index (χ3v) is 4.54. The van der Waals surface area contributed by atoms with Crippen molar-refractivity contribution in [3.8, 4) is 5.75 Å². The number of benzene rings is 1. The SMILES string of the molecule is CNC(=O)c1ccc(OCCCCN2C[C@H]3C[C@H]3C2)cc1. The van der Waals surface area contributed by atoms with E-state index in [2.05, 4.69) is 10.2 Å². The van der Waals surface area contributed by atoms with Crippen molar-refractivity contribution in [2.75, 3.05) is 33.3 Å². The fourth-order valence-corrected chi connectivity index (χ4v) is 3.15. The Hall–Kier alpha value is -1.55. The summed E-state index contributed by atoms with van der Waals surface area (Å²) < 4.78 is 5.72. The minimum Gasteiger partial charge on any atom is -0.494 e. The van der Waals surface area contributed by atoms with E-state index in [1.54, 1.807) is 19.2 Å². The summed E-state index contributed by atoms with van der Waals surface area (Å²) in [6, 6.07) is 7.31. The standard InChI is InChI=1S/C17H24N2O2/c1-18-17(20)13-4-6-16(7-5-13)21-9-3-2-8-19-11-14-10-15(14)12-19/h4-7,14-15H,2-3,8-12H2,1H3,(H,18,20)/t14-,15+. The molecule has 1 N–H and O–H groups in total. The molecule has 2 fully saturated rings. The maximum absolute atomic E-state index is 11.4. The van der Waals surface area contributed by atoms with E-state index in [9.17, 15) is 4.79 Å². The Bertz CT molecular complexity index is 476. The molecule has 1 saturated carbocycles. The zero-order valence-electron chi connectivity index (χ0n) is 12.7. The lowest BCUT2D eigenvalue weighted by atomic mass is 10.2. The first kappa shape index (κ1) is 14.4. The van der Waals surface area contributed by atoms with Crippen molar-refractivity contribution < 1.29 is 9.53 Å². The van der Waals surface area contributed by atoms with Gasteiger partial charge in [-0.15, -0.1) is 0 Å². The first-order chi connectivity index (χ1) is 10.3. The topological polar surface area (TPSA) is 41.6 Å². The molecule has 1 amide bonds. The summed E-state index contributed by atoms with van der Waals surface area (Å²) in [6.07, 6.45) is 3.77. The van der Waals surface area contributed by atoms with Gasteiger partial charge in [0.25, 0.3) is 5.91 Å². The predicted octanol–water partition coefficient (Wildman–Crippen LogP) is 2.16. The van der Waals surface area contributed by atoms with Gasteiger partial charge in [0.1, 0.15) is 5.75 Å². The average Bonchev–Trinajstić information content (AvgIpc) is 3.13. The Morgan fingerprint density at radius 2 is 1.95 bits per heavy atom. The number of hydrogen-bond acceptors (Lipinski definition) is 3. The summed E-state index contributed by atoms with van der Waals surface area (Å²) >= 11 is 0. The maximum Gasteiger partial charge on any atom is 0.251 e. The fraction of sp³-hybridized carbons (Fsp3) is 0.588. The highest BCUT2D eigenvalue weighted by Gasteiger charge is 2.44. The number of ether oxygens (including phenoxy) is 1. The van der Waals surface area contributed by atoms with Gasteiger partial charge in [-0.2, -0.15) is 0 Å². The number of piperidine rings is 1. The van der Waals surface area contributed by atoms with Gasteiger partial charge in [0.05, 0.1) is 6.61 Å². The molecular formula is C17H24N2O2. The highest BCUT2D eigenvalue weighted by Crippen LogP contribution is 2.44. The van der Waals surface area contributed by atoms with Crippen LogP contribution in [0.25, 0.3) is 0 Å². The third-order valence-electron chi connectivity index (χ3n) is 4.54. The Labute approximate surface area is 126 Å². The third kappa shape index (κ3) is 3.76. The molecule has 2 atom stereocenters. The van der Waals surface area contributed by atoms with Crippen molar-refractivity contribution in [2.45, 2.75) is 19.3 Å². The van der Waals surface area contributed by atoms with E-state index >= 15 is 0 Å². The number of nitrogens with zero attached hydrogens (tertiary/aromatic N) is 1. The number of carbonyl (C=O) groups is 1. The molecule has 0 spiro atoms. The molecule has 21 heavy (non-hydrogen) atoms. The van der Waals surface area contributed by atoms with Gasteiger partial charge in [-0.05, 0) is 61.9 Å². The van der Waals surface area contributed by atoms with Crippen molar-refractivity contribution in [3.63, 3.8) is 0 Å². The number of likely N-dealkylation sites (tertiary alicyclic amines) is 1. The van der Waals surface area contributed by atoms with Crippen LogP contribution < -0.4 is 10.1 Å².